The number of carbonyl (C=O) groups is 1. The summed E-state index contributed by atoms with van der Waals surface area (Å²) in [5.41, 5.74) is 5.99. The van der Waals surface area contributed by atoms with E-state index in [2.05, 4.69) is 55.5 Å². The SMILES string of the molecule is CCCc1ccc(-c2ccc(COc3cccc(CSCC(=O)O)c3)cc2)cc1. The first-order valence-electron chi connectivity index (χ1n) is 9.83. The molecule has 1 N–H and O–H groups in total. The first kappa shape index (κ1) is 21.0. The Morgan fingerprint density at radius 1 is 0.897 bits per heavy atom. The largest absolute Gasteiger partial charge is 0.489 e. The number of thioether (sulfide) groups is 1. The molecule has 3 aromatic carbocycles. The number of hydrogen-bond acceptors (Lipinski definition) is 3. The highest BCUT2D eigenvalue weighted by molar-refractivity contribution is 7.99. The summed E-state index contributed by atoms with van der Waals surface area (Å²) in [4.78, 5) is 10.6. The Morgan fingerprint density at radius 2 is 1.55 bits per heavy atom. The Morgan fingerprint density at radius 3 is 2.17 bits per heavy atom. The maximum absolute atomic E-state index is 10.6. The second-order valence-electron chi connectivity index (χ2n) is 6.97. The molecule has 3 rings (SSSR count). The Kier molecular flexibility index (Phi) is 7.77. The van der Waals surface area contributed by atoms with E-state index in [0.717, 1.165) is 29.7 Å². The summed E-state index contributed by atoms with van der Waals surface area (Å²) in [5, 5.41) is 8.74. The summed E-state index contributed by atoms with van der Waals surface area (Å²) >= 11 is 1.39. The maximum atomic E-state index is 10.6. The van der Waals surface area contributed by atoms with Crippen molar-refractivity contribution in [1.82, 2.24) is 0 Å². The summed E-state index contributed by atoms with van der Waals surface area (Å²) in [6.45, 7) is 2.70. The van der Waals surface area contributed by atoms with Gasteiger partial charge in [-0.2, -0.15) is 0 Å². The lowest BCUT2D eigenvalue weighted by molar-refractivity contribution is -0.133. The van der Waals surface area contributed by atoms with E-state index in [-0.39, 0.29) is 5.75 Å². The molecule has 150 valence electrons. The highest BCUT2D eigenvalue weighted by Crippen LogP contribution is 2.22. The van der Waals surface area contributed by atoms with Crippen LogP contribution in [0, 0.1) is 0 Å². The van der Waals surface area contributed by atoms with Gasteiger partial charge in [-0.3, -0.25) is 4.79 Å². The van der Waals surface area contributed by atoms with Crippen LogP contribution in [0.25, 0.3) is 11.1 Å². The van der Waals surface area contributed by atoms with Crippen LogP contribution in [0.1, 0.15) is 30.0 Å². The number of carboxylic acids is 1. The minimum absolute atomic E-state index is 0.110. The molecule has 3 aromatic rings. The summed E-state index contributed by atoms with van der Waals surface area (Å²) in [7, 11) is 0. The van der Waals surface area contributed by atoms with Gasteiger partial charge in [0.15, 0.2) is 0 Å². The Bertz CT molecular complexity index is 918. The normalized spacial score (nSPS) is 10.7. The highest BCUT2D eigenvalue weighted by atomic mass is 32.2. The number of benzene rings is 3. The number of aliphatic carboxylic acids is 1. The molecule has 0 heterocycles. The van der Waals surface area contributed by atoms with Crippen molar-refractivity contribution in [3.63, 3.8) is 0 Å². The third kappa shape index (κ3) is 6.68. The van der Waals surface area contributed by atoms with E-state index in [0.29, 0.717) is 12.4 Å². The average Bonchev–Trinajstić information content (AvgIpc) is 2.74. The molecule has 0 saturated heterocycles. The standard InChI is InChI=1S/C25H26O3S/c1-2-4-19-7-11-22(12-8-19)23-13-9-20(10-14-23)16-28-24-6-3-5-21(15-24)17-29-18-25(26)27/h3,5-15H,2,4,16-18H2,1H3,(H,26,27). The van der Waals surface area contributed by atoms with E-state index >= 15 is 0 Å². The number of rotatable bonds is 10. The van der Waals surface area contributed by atoms with Gasteiger partial charge >= 0.3 is 5.97 Å². The van der Waals surface area contributed by atoms with E-state index in [4.69, 9.17) is 9.84 Å². The van der Waals surface area contributed by atoms with Gasteiger partial charge in [-0.15, -0.1) is 11.8 Å². The van der Waals surface area contributed by atoms with E-state index in [1.54, 1.807) is 0 Å². The van der Waals surface area contributed by atoms with Crippen molar-refractivity contribution >= 4 is 17.7 Å². The second-order valence-corrected chi connectivity index (χ2v) is 7.95. The molecule has 3 nitrogen and oxygen atoms in total. The van der Waals surface area contributed by atoms with Gasteiger partial charge in [-0.1, -0.05) is 74.0 Å². The van der Waals surface area contributed by atoms with Gasteiger partial charge in [0.25, 0.3) is 0 Å². The van der Waals surface area contributed by atoms with Crippen molar-refractivity contribution in [1.29, 1.82) is 0 Å². The molecule has 0 unspecified atom stereocenters. The molecule has 0 aliphatic carbocycles. The fraction of sp³-hybridized carbons (Fsp3) is 0.240. The minimum atomic E-state index is -0.789. The minimum Gasteiger partial charge on any atom is -0.489 e. The van der Waals surface area contributed by atoms with Gasteiger partial charge in [-0.25, -0.2) is 0 Å². The molecule has 0 fully saturated rings. The van der Waals surface area contributed by atoms with Crippen LogP contribution in [0.5, 0.6) is 5.75 Å². The van der Waals surface area contributed by atoms with Gasteiger partial charge in [0, 0.05) is 5.75 Å². The Balaban J connectivity index is 1.55. The van der Waals surface area contributed by atoms with Crippen LogP contribution in [-0.4, -0.2) is 16.8 Å². The summed E-state index contributed by atoms with van der Waals surface area (Å²) in [5.74, 6) is 0.783. The molecule has 0 bridgehead atoms. The zero-order valence-electron chi connectivity index (χ0n) is 16.6. The van der Waals surface area contributed by atoms with E-state index in [1.807, 2.05) is 24.3 Å². The van der Waals surface area contributed by atoms with Gasteiger partial charge in [0.1, 0.15) is 12.4 Å². The average molecular weight is 407 g/mol. The van der Waals surface area contributed by atoms with E-state index in [9.17, 15) is 4.79 Å². The number of carboxylic acid groups (broad SMARTS) is 1. The van der Waals surface area contributed by atoms with Crippen LogP contribution < -0.4 is 4.74 Å². The van der Waals surface area contributed by atoms with Crippen LogP contribution in [-0.2, 0) is 23.6 Å². The van der Waals surface area contributed by atoms with Crippen molar-refractivity contribution in [2.45, 2.75) is 32.1 Å². The maximum Gasteiger partial charge on any atom is 0.313 e. The van der Waals surface area contributed by atoms with E-state index < -0.39 is 5.97 Å². The smallest absolute Gasteiger partial charge is 0.313 e. The van der Waals surface area contributed by atoms with Crippen LogP contribution in [0.15, 0.2) is 72.8 Å². The van der Waals surface area contributed by atoms with Crippen LogP contribution in [0.4, 0.5) is 0 Å². The molecule has 0 radical (unpaired) electrons. The zero-order valence-corrected chi connectivity index (χ0v) is 17.5. The van der Waals surface area contributed by atoms with Crippen LogP contribution in [0.3, 0.4) is 0 Å². The zero-order chi connectivity index (χ0) is 20.5. The van der Waals surface area contributed by atoms with Gasteiger partial charge in [0.2, 0.25) is 0 Å². The Hall–Kier alpha value is -2.72. The fourth-order valence-corrected chi connectivity index (χ4v) is 3.79. The van der Waals surface area contributed by atoms with Crippen molar-refractivity contribution in [2.75, 3.05) is 5.75 Å². The molecule has 0 atom stereocenters. The van der Waals surface area contributed by atoms with Crippen molar-refractivity contribution in [2.24, 2.45) is 0 Å². The summed E-state index contributed by atoms with van der Waals surface area (Å²) < 4.78 is 5.92. The molecule has 0 amide bonds. The first-order valence-corrected chi connectivity index (χ1v) is 11.0. The van der Waals surface area contributed by atoms with Gasteiger partial charge < -0.3 is 9.84 Å². The lowest BCUT2D eigenvalue weighted by Gasteiger charge is -2.09. The monoisotopic (exact) mass is 406 g/mol. The predicted molar refractivity (Wildman–Crippen MR) is 120 cm³/mol. The first-order chi connectivity index (χ1) is 14.1. The summed E-state index contributed by atoms with van der Waals surface area (Å²) in [6, 6.07) is 25.1. The molecule has 4 heteroatoms. The number of hydrogen-bond donors (Lipinski definition) is 1. The van der Waals surface area contributed by atoms with Gasteiger partial charge in [0.05, 0.1) is 5.75 Å². The van der Waals surface area contributed by atoms with Crippen LogP contribution >= 0.6 is 11.8 Å². The topological polar surface area (TPSA) is 46.5 Å². The van der Waals surface area contributed by atoms with E-state index in [1.165, 1.54) is 28.5 Å². The highest BCUT2D eigenvalue weighted by Gasteiger charge is 2.03. The Labute approximate surface area is 176 Å². The third-order valence-electron chi connectivity index (χ3n) is 4.58. The lowest BCUT2D eigenvalue weighted by Crippen LogP contribution is -1.98. The lowest BCUT2D eigenvalue weighted by atomic mass is 10.0. The molecule has 0 aliphatic heterocycles. The van der Waals surface area contributed by atoms with Gasteiger partial charge in [-0.05, 0) is 46.4 Å². The van der Waals surface area contributed by atoms with Crippen molar-refractivity contribution in [3.8, 4) is 16.9 Å². The number of ether oxygens (including phenoxy) is 1. The molecular formula is C25H26O3S. The van der Waals surface area contributed by atoms with Crippen molar-refractivity contribution < 1.29 is 14.6 Å². The predicted octanol–water partition coefficient (Wildman–Crippen LogP) is 6.20. The molecule has 0 aromatic heterocycles. The molecule has 0 aliphatic rings. The molecule has 29 heavy (non-hydrogen) atoms. The van der Waals surface area contributed by atoms with Crippen molar-refractivity contribution in [3.05, 3.63) is 89.5 Å². The number of aryl methyl sites for hydroxylation is 1. The fourth-order valence-electron chi connectivity index (χ4n) is 3.09. The molecular weight excluding hydrogens is 380 g/mol. The molecule has 0 saturated carbocycles. The second kappa shape index (κ2) is 10.7. The summed E-state index contributed by atoms with van der Waals surface area (Å²) in [6.07, 6.45) is 2.29. The van der Waals surface area contributed by atoms with Crippen LogP contribution in [0.2, 0.25) is 0 Å². The third-order valence-corrected chi connectivity index (χ3v) is 5.57. The molecule has 0 spiro atoms. The quantitative estimate of drug-likeness (QED) is 0.435.